The zero-order valence-electron chi connectivity index (χ0n) is 10.3. The maximum absolute atomic E-state index is 5.48. The average Bonchev–Trinajstić information content (AvgIpc) is 2.75. The summed E-state index contributed by atoms with van der Waals surface area (Å²) < 4.78 is 5.48. The van der Waals surface area contributed by atoms with E-state index >= 15 is 0 Å². The van der Waals surface area contributed by atoms with Gasteiger partial charge in [0.05, 0.1) is 6.61 Å². The van der Waals surface area contributed by atoms with Crippen molar-refractivity contribution < 1.29 is 4.74 Å². The molecule has 1 aliphatic rings. The van der Waals surface area contributed by atoms with Crippen molar-refractivity contribution in [2.45, 2.75) is 51.9 Å². The molecule has 0 heterocycles. The van der Waals surface area contributed by atoms with Crippen LogP contribution in [0.1, 0.15) is 51.9 Å². The minimum absolute atomic E-state index is 0.880. The lowest BCUT2D eigenvalue weighted by atomic mass is 10.0. The van der Waals surface area contributed by atoms with Gasteiger partial charge in [-0.05, 0) is 25.3 Å². The maximum Gasteiger partial charge on any atom is 0.0590 e. The van der Waals surface area contributed by atoms with Gasteiger partial charge in [0.2, 0.25) is 0 Å². The second-order valence-corrected chi connectivity index (χ2v) is 4.66. The molecule has 1 fully saturated rings. The predicted octanol–water partition coefficient (Wildman–Crippen LogP) is 2.97. The van der Waals surface area contributed by atoms with Crippen LogP contribution in [0, 0.1) is 5.92 Å². The highest BCUT2D eigenvalue weighted by atomic mass is 16.5. The number of hydrogen-bond acceptors (Lipinski definition) is 2. The lowest BCUT2D eigenvalue weighted by Crippen LogP contribution is -2.22. The normalized spacial score (nSPS) is 17.4. The highest BCUT2D eigenvalue weighted by Gasteiger charge is 2.13. The molecule has 0 aromatic rings. The fourth-order valence-corrected chi connectivity index (χ4v) is 2.22. The number of hydrogen-bond donors (Lipinski definition) is 1. The zero-order chi connectivity index (χ0) is 10.8. The molecule has 0 aromatic heterocycles. The summed E-state index contributed by atoms with van der Waals surface area (Å²) >= 11 is 0. The molecule has 0 aromatic carbocycles. The van der Waals surface area contributed by atoms with Crippen LogP contribution in [0.2, 0.25) is 0 Å². The first-order chi connectivity index (χ1) is 7.43. The van der Waals surface area contributed by atoms with E-state index < -0.39 is 0 Å². The topological polar surface area (TPSA) is 21.3 Å². The minimum atomic E-state index is 0.880. The Bertz CT molecular complexity index is 132. The molecule has 0 spiro atoms. The third-order valence-corrected chi connectivity index (χ3v) is 3.27. The summed E-state index contributed by atoms with van der Waals surface area (Å²) in [5.74, 6) is 1.01. The van der Waals surface area contributed by atoms with E-state index in [0.717, 1.165) is 25.7 Å². The molecule has 1 aliphatic carbocycles. The van der Waals surface area contributed by atoms with Crippen LogP contribution in [0.25, 0.3) is 0 Å². The monoisotopic (exact) mass is 213 g/mol. The molecule has 90 valence electrons. The van der Waals surface area contributed by atoms with Crippen molar-refractivity contribution in [1.29, 1.82) is 0 Å². The quantitative estimate of drug-likeness (QED) is 0.595. The van der Waals surface area contributed by atoms with Gasteiger partial charge < -0.3 is 10.1 Å². The van der Waals surface area contributed by atoms with E-state index in [1.165, 1.54) is 51.5 Å². The standard InChI is InChI=1S/C13H27NO/c1-2-3-11-15-12-10-14-9-8-13-6-4-5-7-13/h13-14H,2-12H2,1H3. The lowest BCUT2D eigenvalue weighted by Gasteiger charge is -2.09. The largest absolute Gasteiger partial charge is 0.380 e. The first kappa shape index (κ1) is 13.0. The Balaban J connectivity index is 1.73. The fraction of sp³-hybridized carbons (Fsp3) is 1.00. The van der Waals surface area contributed by atoms with Crippen molar-refractivity contribution in [2.24, 2.45) is 5.92 Å². The van der Waals surface area contributed by atoms with Crippen LogP contribution in [0.15, 0.2) is 0 Å². The summed E-state index contributed by atoms with van der Waals surface area (Å²) in [6, 6.07) is 0. The zero-order valence-corrected chi connectivity index (χ0v) is 10.3. The van der Waals surface area contributed by atoms with Gasteiger partial charge in [0.1, 0.15) is 0 Å². The molecule has 15 heavy (non-hydrogen) atoms. The van der Waals surface area contributed by atoms with Crippen LogP contribution >= 0.6 is 0 Å². The second-order valence-electron chi connectivity index (χ2n) is 4.66. The van der Waals surface area contributed by atoms with Gasteiger partial charge in [0.25, 0.3) is 0 Å². The van der Waals surface area contributed by atoms with Crippen LogP contribution in [-0.4, -0.2) is 26.3 Å². The van der Waals surface area contributed by atoms with Crippen LogP contribution in [0.5, 0.6) is 0 Å². The van der Waals surface area contributed by atoms with Crippen molar-refractivity contribution >= 4 is 0 Å². The van der Waals surface area contributed by atoms with Gasteiger partial charge >= 0.3 is 0 Å². The maximum atomic E-state index is 5.48. The van der Waals surface area contributed by atoms with E-state index in [-0.39, 0.29) is 0 Å². The fourth-order valence-electron chi connectivity index (χ4n) is 2.22. The molecule has 1 N–H and O–H groups in total. The van der Waals surface area contributed by atoms with Crippen molar-refractivity contribution in [3.05, 3.63) is 0 Å². The number of ether oxygens (including phenoxy) is 1. The lowest BCUT2D eigenvalue weighted by molar-refractivity contribution is 0.133. The smallest absolute Gasteiger partial charge is 0.0590 e. The second kappa shape index (κ2) is 9.17. The summed E-state index contributed by atoms with van der Waals surface area (Å²) in [6.07, 6.45) is 9.66. The first-order valence-corrected chi connectivity index (χ1v) is 6.72. The van der Waals surface area contributed by atoms with Gasteiger partial charge in [-0.1, -0.05) is 39.0 Å². The van der Waals surface area contributed by atoms with Crippen molar-refractivity contribution in [1.82, 2.24) is 5.32 Å². The van der Waals surface area contributed by atoms with E-state index in [1.54, 1.807) is 0 Å². The Kier molecular flexibility index (Phi) is 7.94. The molecule has 1 saturated carbocycles. The van der Waals surface area contributed by atoms with Crippen molar-refractivity contribution in [3.63, 3.8) is 0 Å². The van der Waals surface area contributed by atoms with Crippen LogP contribution in [0.4, 0.5) is 0 Å². The Labute approximate surface area is 94.8 Å². The summed E-state index contributed by atoms with van der Waals surface area (Å²) in [4.78, 5) is 0. The molecule has 0 aliphatic heterocycles. The Morgan fingerprint density at radius 3 is 2.67 bits per heavy atom. The number of nitrogens with one attached hydrogen (secondary N) is 1. The van der Waals surface area contributed by atoms with Crippen molar-refractivity contribution in [3.8, 4) is 0 Å². The third-order valence-electron chi connectivity index (χ3n) is 3.27. The molecule has 2 heteroatoms. The molecule has 0 bridgehead atoms. The van der Waals surface area contributed by atoms with Crippen LogP contribution in [-0.2, 0) is 4.74 Å². The number of unbranched alkanes of at least 4 members (excludes halogenated alkanes) is 1. The minimum Gasteiger partial charge on any atom is -0.380 e. The molecule has 0 amide bonds. The average molecular weight is 213 g/mol. The van der Waals surface area contributed by atoms with Gasteiger partial charge in [-0.2, -0.15) is 0 Å². The Hall–Kier alpha value is -0.0800. The van der Waals surface area contributed by atoms with Crippen molar-refractivity contribution in [2.75, 3.05) is 26.3 Å². The summed E-state index contributed by atoms with van der Waals surface area (Å²) in [5, 5.41) is 3.46. The molecular weight excluding hydrogens is 186 g/mol. The van der Waals surface area contributed by atoms with Gasteiger partial charge in [0.15, 0.2) is 0 Å². The van der Waals surface area contributed by atoms with Crippen LogP contribution in [0.3, 0.4) is 0 Å². The molecule has 2 nitrogen and oxygen atoms in total. The molecule has 0 atom stereocenters. The van der Waals surface area contributed by atoms with E-state index in [9.17, 15) is 0 Å². The first-order valence-electron chi connectivity index (χ1n) is 6.72. The Morgan fingerprint density at radius 1 is 1.13 bits per heavy atom. The summed E-state index contributed by atoms with van der Waals surface area (Å²) in [6.45, 7) is 6.22. The molecule has 0 radical (unpaired) electrons. The summed E-state index contributed by atoms with van der Waals surface area (Å²) in [7, 11) is 0. The van der Waals surface area contributed by atoms with E-state index in [1.807, 2.05) is 0 Å². The number of rotatable bonds is 9. The van der Waals surface area contributed by atoms with Gasteiger partial charge in [-0.25, -0.2) is 0 Å². The van der Waals surface area contributed by atoms with Crippen LogP contribution < -0.4 is 5.32 Å². The SMILES string of the molecule is CCCCOCCNCCC1CCCC1. The molecule has 1 rings (SSSR count). The predicted molar refractivity (Wildman–Crippen MR) is 65.2 cm³/mol. The molecule has 0 unspecified atom stereocenters. The van der Waals surface area contributed by atoms with E-state index in [2.05, 4.69) is 12.2 Å². The highest BCUT2D eigenvalue weighted by molar-refractivity contribution is 4.67. The van der Waals surface area contributed by atoms with E-state index in [0.29, 0.717) is 0 Å². The Morgan fingerprint density at radius 2 is 1.93 bits per heavy atom. The molecular formula is C13H27NO. The van der Waals surface area contributed by atoms with Gasteiger partial charge in [0, 0.05) is 13.2 Å². The summed E-state index contributed by atoms with van der Waals surface area (Å²) in [5.41, 5.74) is 0. The molecule has 0 saturated heterocycles. The van der Waals surface area contributed by atoms with Gasteiger partial charge in [-0.3, -0.25) is 0 Å². The van der Waals surface area contributed by atoms with Gasteiger partial charge in [-0.15, -0.1) is 0 Å². The highest BCUT2D eigenvalue weighted by Crippen LogP contribution is 2.26. The van der Waals surface area contributed by atoms with E-state index in [4.69, 9.17) is 4.74 Å². The third kappa shape index (κ3) is 6.91.